The van der Waals surface area contributed by atoms with Gasteiger partial charge in [0, 0.05) is 22.2 Å². The van der Waals surface area contributed by atoms with Gasteiger partial charge in [-0.1, -0.05) is 94.3 Å². The van der Waals surface area contributed by atoms with Crippen molar-refractivity contribution in [3.8, 4) is 22.4 Å². The van der Waals surface area contributed by atoms with Crippen LogP contribution < -0.4 is 0 Å². The highest BCUT2D eigenvalue weighted by molar-refractivity contribution is 5.86. The van der Waals surface area contributed by atoms with Crippen LogP contribution in [0.4, 0.5) is 0 Å². The molecule has 0 aliphatic carbocycles. The maximum absolute atomic E-state index is 13.0. The average molecular weight is 470 g/mol. The van der Waals surface area contributed by atoms with Crippen molar-refractivity contribution in [1.29, 1.82) is 0 Å². The van der Waals surface area contributed by atoms with Crippen LogP contribution in [0, 0.1) is 13.8 Å². The van der Waals surface area contributed by atoms with E-state index in [-0.39, 0.29) is 11.4 Å². The standard InChI is InChI=1S/C30H35N3O2/c1-8-12-23(29(34)35-7)24-20(3)31-28-25(21-13-10-9-11-14-21)27(30(4,5)6)32-33(28)26(24)22-17-15-19(2)16-18-22/h9-11,13-18,23H,8,12H2,1-7H3. The molecule has 0 N–H and O–H groups in total. The number of carbonyl (C=O) groups is 1. The number of methoxy groups -OCH3 is 1. The van der Waals surface area contributed by atoms with Crippen molar-refractivity contribution in [2.45, 2.75) is 65.7 Å². The fourth-order valence-electron chi connectivity index (χ4n) is 4.79. The van der Waals surface area contributed by atoms with E-state index in [1.54, 1.807) is 0 Å². The summed E-state index contributed by atoms with van der Waals surface area (Å²) in [5.74, 6) is -0.656. The molecule has 0 saturated carbocycles. The number of hydrogen-bond donors (Lipinski definition) is 0. The zero-order valence-corrected chi connectivity index (χ0v) is 21.8. The van der Waals surface area contributed by atoms with Crippen LogP contribution in [0.1, 0.15) is 69.0 Å². The largest absolute Gasteiger partial charge is 0.469 e. The Morgan fingerprint density at radius 1 is 1.00 bits per heavy atom. The van der Waals surface area contributed by atoms with Gasteiger partial charge in [0.1, 0.15) is 0 Å². The van der Waals surface area contributed by atoms with Crippen molar-refractivity contribution in [3.63, 3.8) is 0 Å². The summed E-state index contributed by atoms with van der Waals surface area (Å²) in [6.45, 7) is 12.7. The minimum atomic E-state index is -0.416. The molecule has 1 unspecified atom stereocenters. The average Bonchev–Trinajstić information content (AvgIpc) is 3.22. The maximum Gasteiger partial charge on any atom is 0.313 e. The van der Waals surface area contributed by atoms with E-state index in [0.29, 0.717) is 6.42 Å². The summed E-state index contributed by atoms with van der Waals surface area (Å²) in [6.07, 6.45) is 1.53. The Kier molecular flexibility index (Phi) is 6.79. The van der Waals surface area contributed by atoms with Gasteiger partial charge >= 0.3 is 5.97 Å². The molecule has 35 heavy (non-hydrogen) atoms. The zero-order chi connectivity index (χ0) is 25.3. The molecule has 0 amide bonds. The van der Waals surface area contributed by atoms with Crippen molar-refractivity contribution in [2.24, 2.45) is 0 Å². The lowest BCUT2D eigenvalue weighted by Crippen LogP contribution is -2.19. The molecule has 2 heterocycles. The summed E-state index contributed by atoms with van der Waals surface area (Å²) in [6, 6.07) is 18.7. The van der Waals surface area contributed by atoms with Gasteiger partial charge in [0.25, 0.3) is 0 Å². The molecule has 0 radical (unpaired) electrons. The number of ether oxygens (including phenoxy) is 1. The molecule has 4 rings (SSSR count). The molecule has 0 saturated heterocycles. The van der Waals surface area contributed by atoms with Crippen LogP contribution >= 0.6 is 0 Å². The lowest BCUT2D eigenvalue weighted by Gasteiger charge is -2.21. The first-order valence-corrected chi connectivity index (χ1v) is 12.3. The molecule has 2 aromatic carbocycles. The van der Waals surface area contributed by atoms with Crippen molar-refractivity contribution in [1.82, 2.24) is 14.6 Å². The van der Waals surface area contributed by atoms with Gasteiger partial charge in [-0.15, -0.1) is 0 Å². The Morgan fingerprint density at radius 3 is 2.23 bits per heavy atom. The van der Waals surface area contributed by atoms with Crippen molar-refractivity contribution >= 4 is 11.6 Å². The van der Waals surface area contributed by atoms with Gasteiger partial charge in [-0.3, -0.25) is 4.79 Å². The van der Waals surface area contributed by atoms with E-state index < -0.39 is 5.92 Å². The van der Waals surface area contributed by atoms with E-state index in [1.165, 1.54) is 12.7 Å². The minimum absolute atomic E-state index is 0.206. The first kappa shape index (κ1) is 24.6. The van der Waals surface area contributed by atoms with Crippen LogP contribution in [0.15, 0.2) is 54.6 Å². The number of aryl methyl sites for hydroxylation is 2. The molecular weight excluding hydrogens is 434 g/mol. The van der Waals surface area contributed by atoms with Gasteiger partial charge in [0.2, 0.25) is 0 Å². The molecule has 4 aromatic rings. The molecule has 0 bridgehead atoms. The van der Waals surface area contributed by atoms with Crippen LogP contribution in [0.2, 0.25) is 0 Å². The summed E-state index contributed by atoms with van der Waals surface area (Å²) in [5, 5.41) is 5.19. The van der Waals surface area contributed by atoms with Crippen LogP contribution in [-0.2, 0) is 14.9 Å². The molecule has 1 atom stereocenters. The van der Waals surface area contributed by atoms with Gasteiger partial charge in [0.05, 0.1) is 30.0 Å². The van der Waals surface area contributed by atoms with Crippen molar-refractivity contribution in [3.05, 3.63) is 77.1 Å². The highest BCUT2D eigenvalue weighted by atomic mass is 16.5. The quantitative estimate of drug-likeness (QED) is 0.284. The molecule has 0 spiro atoms. The first-order chi connectivity index (χ1) is 16.7. The molecule has 0 aliphatic heterocycles. The smallest absolute Gasteiger partial charge is 0.313 e. The number of aromatic nitrogens is 3. The van der Waals surface area contributed by atoms with Crippen LogP contribution in [0.5, 0.6) is 0 Å². The van der Waals surface area contributed by atoms with E-state index in [4.69, 9.17) is 14.8 Å². The normalized spacial score (nSPS) is 12.7. The third-order valence-corrected chi connectivity index (χ3v) is 6.50. The monoisotopic (exact) mass is 469 g/mol. The molecule has 182 valence electrons. The third kappa shape index (κ3) is 4.60. The molecule has 2 aromatic heterocycles. The van der Waals surface area contributed by atoms with Crippen molar-refractivity contribution < 1.29 is 9.53 Å². The lowest BCUT2D eigenvalue weighted by atomic mass is 9.87. The van der Waals surface area contributed by atoms with Gasteiger partial charge in [-0.25, -0.2) is 9.50 Å². The second-order valence-corrected chi connectivity index (χ2v) is 10.3. The van der Waals surface area contributed by atoms with E-state index in [2.05, 4.69) is 71.0 Å². The summed E-state index contributed by atoms with van der Waals surface area (Å²) >= 11 is 0. The second kappa shape index (κ2) is 9.65. The molecule has 0 aliphatic rings. The second-order valence-electron chi connectivity index (χ2n) is 10.3. The number of carbonyl (C=O) groups excluding carboxylic acids is 1. The number of fused-ring (bicyclic) bond motifs is 1. The maximum atomic E-state index is 13.0. The Balaban J connectivity index is 2.18. The molecule has 5 heteroatoms. The highest BCUT2D eigenvalue weighted by Crippen LogP contribution is 2.40. The van der Waals surface area contributed by atoms with Gasteiger partial charge in [0.15, 0.2) is 5.65 Å². The number of nitrogens with zero attached hydrogens (tertiary/aromatic N) is 3. The molecular formula is C30H35N3O2. The summed E-state index contributed by atoms with van der Waals surface area (Å²) in [5.41, 5.74) is 8.50. The number of rotatable bonds is 6. The Labute approximate surface area is 208 Å². The number of hydrogen-bond acceptors (Lipinski definition) is 4. The summed E-state index contributed by atoms with van der Waals surface area (Å²) < 4.78 is 7.21. The van der Waals surface area contributed by atoms with E-state index in [0.717, 1.165) is 51.4 Å². The summed E-state index contributed by atoms with van der Waals surface area (Å²) in [7, 11) is 1.46. The van der Waals surface area contributed by atoms with E-state index in [9.17, 15) is 4.79 Å². The summed E-state index contributed by atoms with van der Waals surface area (Å²) in [4.78, 5) is 18.1. The van der Waals surface area contributed by atoms with Crippen molar-refractivity contribution in [2.75, 3.05) is 7.11 Å². The fraction of sp³-hybridized carbons (Fsp3) is 0.367. The van der Waals surface area contributed by atoms with Gasteiger partial charge in [-0.2, -0.15) is 5.10 Å². The van der Waals surface area contributed by atoms with Gasteiger partial charge in [-0.05, 0) is 25.8 Å². The Morgan fingerprint density at radius 2 is 1.66 bits per heavy atom. The lowest BCUT2D eigenvalue weighted by molar-refractivity contribution is -0.142. The van der Waals surface area contributed by atoms with Crippen LogP contribution in [-0.4, -0.2) is 27.7 Å². The zero-order valence-electron chi connectivity index (χ0n) is 21.8. The van der Waals surface area contributed by atoms with Crippen LogP contribution in [0.25, 0.3) is 28.0 Å². The third-order valence-electron chi connectivity index (χ3n) is 6.50. The predicted octanol–water partition coefficient (Wildman–Crippen LogP) is 7.03. The van der Waals surface area contributed by atoms with E-state index in [1.807, 2.05) is 29.6 Å². The number of esters is 1. The Hall–Kier alpha value is -3.47. The molecule has 0 fully saturated rings. The highest BCUT2D eigenvalue weighted by Gasteiger charge is 2.32. The number of benzene rings is 2. The minimum Gasteiger partial charge on any atom is -0.469 e. The van der Waals surface area contributed by atoms with Gasteiger partial charge < -0.3 is 4.74 Å². The predicted molar refractivity (Wildman–Crippen MR) is 142 cm³/mol. The Bertz CT molecular complexity index is 1350. The topological polar surface area (TPSA) is 56.5 Å². The SMILES string of the molecule is CCCC(C(=O)OC)c1c(C)nc2c(-c3ccccc3)c(C(C)(C)C)nn2c1-c1ccc(C)cc1. The van der Waals surface area contributed by atoms with E-state index >= 15 is 0 Å². The first-order valence-electron chi connectivity index (χ1n) is 12.3. The fourth-order valence-corrected chi connectivity index (χ4v) is 4.79. The molecule has 5 nitrogen and oxygen atoms in total. The van der Waals surface area contributed by atoms with Crippen LogP contribution in [0.3, 0.4) is 0 Å².